The SMILES string of the molecule is OCCCC1CCCN1CC(Br)C(F)(F)F. The second kappa shape index (κ2) is 6.21. The largest absolute Gasteiger partial charge is 0.402 e. The summed E-state index contributed by atoms with van der Waals surface area (Å²) < 4.78 is 37.1. The molecule has 1 saturated heterocycles. The van der Waals surface area contributed by atoms with Gasteiger partial charge in [0.15, 0.2) is 0 Å². The molecule has 1 aliphatic rings. The highest BCUT2D eigenvalue weighted by molar-refractivity contribution is 9.09. The number of aliphatic hydroxyl groups excluding tert-OH is 1. The minimum atomic E-state index is -4.18. The molecule has 0 aliphatic carbocycles. The number of alkyl halides is 4. The van der Waals surface area contributed by atoms with Crippen LogP contribution in [0.1, 0.15) is 25.7 Å². The van der Waals surface area contributed by atoms with Crippen molar-refractivity contribution in [3.63, 3.8) is 0 Å². The van der Waals surface area contributed by atoms with E-state index in [0.29, 0.717) is 6.42 Å². The number of halogens is 4. The first-order chi connectivity index (χ1) is 7.45. The van der Waals surface area contributed by atoms with Crippen molar-refractivity contribution in [2.75, 3.05) is 19.7 Å². The molecule has 0 aromatic carbocycles. The molecule has 0 aromatic rings. The lowest BCUT2D eigenvalue weighted by molar-refractivity contribution is -0.131. The molecule has 1 aliphatic heterocycles. The van der Waals surface area contributed by atoms with Crippen LogP contribution in [0.5, 0.6) is 0 Å². The van der Waals surface area contributed by atoms with Gasteiger partial charge in [-0.05, 0) is 32.2 Å². The first kappa shape index (κ1) is 14.3. The molecule has 0 aromatic heterocycles. The van der Waals surface area contributed by atoms with E-state index in [1.165, 1.54) is 0 Å². The van der Waals surface area contributed by atoms with E-state index < -0.39 is 11.0 Å². The molecule has 1 rings (SSSR count). The Morgan fingerprint density at radius 3 is 2.69 bits per heavy atom. The van der Waals surface area contributed by atoms with Crippen LogP contribution in [0.2, 0.25) is 0 Å². The molecule has 0 saturated carbocycles. The van der Waals surface area contributed by atoms with Crippen LogP contribution >= 0.6 is 15.9 Å². The fourth-order valence-electron chi connectivity index (χ4n) is 2.10. The predicted octanol–water partition coefficient (Wildman–Crippen LogP) is 2.55. The van der Waals surface area contributed by atoms with Gasteiger partial charge < -0.3 is 5.11 Å². The number of rotatable bonds is 5. The summed E-state index contributed by atoms with van der Waals surface area (Å²) in [5.74, 6) is 0. The maximum Gasteiger partial charge on any atom is 0.402 e. The second-order valence-corrected chi connectivity index (χ2v) is 5.27. The highest BCUT2D eigenvalue weighted by Gasteiger charge is 2.40. The third-order valence-corrected chi connectivity index (χ3v) is 3.75. The average Bonchev–Trinajstić information content (AvgIpc) is 2.61. The van der Waals surface area contributed by atoms with Crippen molar-refractivity contribution >= 4 is 15.9 Å². The molecule has 0 spiro atoms. The Balaban J connectivity index is 2.40. The Morgan fingerprint density at radius 2 is 2.12 bits per heavy atom. The zero-order valence-electron chi connectivity index (χ0n) is 9.01. The molecule has 0 bridgehead atoms. The lowest BCUT2D eigenvalue weighted by Crippen LogP contribution is -2.40. The Labute approximate surface area is 102 Å². The molecule has 6 heteroatoms. The normalized spacial score (nSPS) is 24.9. The monoisotopic (exact) mass is 303 g/mol. The van der Waals surface area contributed by atoms with Gasteiger partial charge in [-0.1, -0.05) is 15.9 Å². The van der Waals surface area contributed by atoms with Crippen LogP contribution in [0.25, 0.3) is 0 Å². The Bertz CT molecular complexity index is 213. The molecule has 0 radical (unpaired) electrons. The van der Waals surface area contributed by atoms with Gasteiger partial charge >= 0.3 is 6.18 Å². The molecule has 2 nitrogen and oxygen atoms in total. The molecule has 0 amide bonds. The molecule has 2 atom stereocenters. The van der Waals surface area contributed by atoms with Crippen molar-refractivity contribution in [3.8, 4) is 0 Å². The van der Waals surface area contributed by atoms with Crippen molar-refractivity contribution in [2.45, 2.75) is 42.7 Å². The highest BCUT2D eigenvalue weighted by atomic mass is 79.9. The quantitative estimate of drug-likeness (QED) is 0.789. The molecule has 96 valence electrons. The van der Waals surface area contributed by atoms with Crippen LogP contribution in [0.3, 0.4) is 0 Å². The summed E-state index contributed by atoms with van der Waals surface area (Å²) in [6.45, 7) is 0.856. The maximum atomic E-state index is 12.4. The van der Waals surface area contributed by atoms with Gasteiger partial charge in [0, 0.05) is 19.2 Å². The lowest BCUT2D eigenvalue weighted by Gasteiger charge is -2.27. The predicted molar refractivity (Wildman–Crippen MR) is 59.7 cm³/mol. The first-order valence-electron chi connectivity index (χ1n) is 5.51. The summed E-state index contributed by atoms with van der Waals surface area (Å²) in [6, 6.07) is 0.203. The summed E-state index contributed by atoms with van der Waals surface area (Å²) in [5, 5.41) is 8.72. The van der Waals surface area contributed by atoms with Crippen molar-refractivity contribution in [1.29, 1.82) is 0 Å². The number of nitrogens with zero attached hydrogens (tertiary/aromatic N) is 1. The van der Waals surface area contributed by atoms with Gasteiger partial charge in [-0.15, -0.1) is 0 Å². The van der Waals surface area contributed by atoms with Crippen molar-refractivity contribution in [2.24, 2.45) is 0 Å². The minimum Gasteiger partial charge on any atom is -0.396 e. The molecular formula is C10H17BrF3NO. The van der Waals surface area contributed by atoms with Gasteiger partial charge in [0.2, 0.25) is 0 Å². The zero-order chi connectivity index (χ0) is 12.2. The van der Waals surface area contributed by atoms with Gasteiger partial charge in [-0.2, -0.15) is 13.2 Å². The number of aliphatic hydroxyl groups is 1. The van der Waals surface area contributed by atoms with Crippen LogP contribution in [0, 0.1) is 0 Å². The second-order valence-electron chi connectivity index (χ2n) is 4.17. The fraction of sp³-hybridized carbons (Fsp3) is 1.00. The Hall–Kier alpha value is 0.190. The topological polar surface area (TPSA) is 23.5 Å². The molecule has 2 unspecified atom stereocenters. The molecule has 1 fully saturated rings. The molecule has 1 N–H and O–H groups in total. The maximum absolute atomic E-state index is 12.4. The van der Waals surface area contributed by atoms with Crippen LogP contribution in [-0.4, -0.2) is 46.7 Å². The standard InChI is InChI=1S/C10H17BrF3NO/c11-9(10(12,13)14)7-15-5-1-3-8(15)4-2-6-16/h8-9,16H,1-7H2. The van der Waals surface area contributed by atoms with Crippen LogP contribution in [0.4, 0.5) is 13.2 Å². The third kappa shape index (κ3) is 4.22. The van der Waals surface area contributed by atoms with Gasteiger partial charge in [0.05, 0.1) is 0 Å². The van der Waals surface area contributed by atoms with Crippen molar-refractivity contribution < 1.29 is 18.3 Å². The molecule has 16 heavy (non-hydrogen) atoms. The van der Waals surface area contributed by atoms with Gasteiger partial charge in [-0.25, -0.2) is 0 Å². The van der Waals surface area contributed by atoms with Crippen molar-refractivity contribution in [1.82, 2.24) is 4.90 Å². The Morgan fingerprint density at radius 1 is 1.44 bits per heavy atom. The van der Waals surface area contributed by atoms with Crippen molar-refractivity contribution in [3.05, 3.63) is 0 Å². The summed E-state index contributed by atoms with van der Waals surface area (Å²) >= 11 is 2.69. The van der Waals surface area contributed by atoms with Gasteiger partial charge in [0.1, 0.15) is 4.83 Å². The summed E-state index contributed by atoms with van der Waals surface area (Å²) in [7, 11) is 0. The molecule has 1 heterocycles. The lowest BCUT2D eigenvalue weighted by atomic mass is 10.1. The zero-order valence-corrected chi connectivity index (χ0v) is 10.6. The highest BCUT2D eigenvalue weighted by Crippen LogP contribution is 2.30. The first-order valence-corrected chi connectivity index (χ1v) is 6.42. The van der Waals surface area contributed by atoms with Gasteiger partial charge in [-0.3, -0.25) is 4.90 Å². The third-order valence-electron chi connectivity index (χ3n) is 2.94. The fourth-order valence-corrected chi connectivity index (χ4v) is 2.47. The molecular weight excluding hydrogens is 287 g/mol. The van der Waals surface area contributed by atoms with E-state index in [2.05, 4.69) is 15.9 Å². The average molecular weight is 304 g/mol. The summed E-state index contributed by atoms with van der Waals surface area (Å²) in [6.07, 6.45) is -0.830. The van der Waals surface area contributed by atoms with E-state index in [-0.39, 0.29) is 19.2 Å². The number of hydrogen-bond donors (Lipinski definition) is 1. The van der Waals surface area contributed by atoms with E-state index in [1.54, 1.807) is 0 Å². The van der Waals surface area contributed by atoms with Crippen LogP contribution in [0.15, 0.2) is 0 Å². The summed E-state index contributed by atoms with van der Waals surface area (Å²) in [5.41, 5.74) is 0. The Kier molecular flexibility index (Phi) is 5.53. The van der Waals surface area contributed by atoms with Crippen LogP contribution in [-0.2, 0) is 0 Å². The van der Waals surface area contributed by atoms with E-state index in [0.717, 1.165) is 25.8 Å². The van der Waals surface area contributed by atoms with Crippen LogP contribution < -0.4 is 0 Å². The number of likely N-dealkylation sites (tertiary alicyclic amines) is 1. The smallest absolute Gasteiger partial charge is 0.396 e. The number of hydrogen-bond acceptors (Lipinski definition) is 2. The van der Waals surface area contributed by atoms with E-state index in [4.69, 9.17) is 5.11 Å². The van der Waals surface area contributed by atoms with E-state index >= 15 is 0 Å². The van der Waals surface area contributed by atoms with Gasteiger partial charge in [0.25, 0.3) is 0 Å². The minimum absolute atomic E-state index is 0.0135. The summed E-state index contributed by atoms with van der Waals surface area (Å²) in [4.78, 5) is 0.428. The van der Waals surface area contributed by atoms with E-state index in [1.807, 2.05) is 4.90 Å². The van der Waals surface area contributed by atoms with E-state index in [9.17, 15) is 13.2 Å².